The van der Waals surface area contributed by atoms with Crippen LogP contribution in [-0.4, -0.2) is 21.0 Å². The lowest BCUT2D eigenvalue weighted by atomic mass is 10.2. The monoisotopic (exact) mass is 290 g/mol. The molecular weight excluding hydrogens is 283 g/mol. The van der Waals surface area contributed by atoms with Gasteiger partial charge < -0.3 is 9.84 Å². The second-order valence-electron chi connectivity index (χ2n) is 3.83. The van der Waals surface area contributed by atoms with Crippen LogP contribution in [0.25, 0.3) is 10.2 Å². The maximum Gasteiger partial charge on any atom is 0.342 e. The van der Waals surface area contributed by atoms with E-state index in [2.05, 4.69) is 9.97 Å². The van der Waals surface area contributed by atoms with Crippen molar-refractivity contribution < 1.29 is 19.0 Å². The molecule has 100 valence electrons. The van der Waals surface area contributed by atoms with Crippen molar-refractivity contribution in [1.82, 2.24) is 9.97 Å². The molecule has 0 spiro atoms. The summed E-state index contributed by atoms with van der Waals surface area (Å²) in [7, 11) is 0. The molecule has 0 amide bonds. The number of nitrogens with zero attached hydrogens (tertiary/aromatic N) is 2. The number of carboxylic acids is 1. The average molecular weight is 290 g/mol. The quantitative estimate of drug-likeness (QED) is 0.801. The molecule has 0 aliphatic rings. The van der Waals surface area contributed by atoms with E-state index < -0.39 is 17.3 Å². The van der Waals surface area contributed by atoms with Gasteiger partial charge in [0.15, 0.2) is 0 Å². The van der Waals surface area contributed by atoms with Gasteiger partial charge in [0.05, 0.1) is 5.52 Å². The number of carbonyl (C=O) groups is 1. The Balaban J connectivity index is 2.10. The maximum atomic E-state index is 13.6. The number of fused-ring (bicyclic) bond motifs is 1. The normalized spacial score (nSPS) is 10.7. The summed E-state index contributed by atoms with van der Waals surface area (Å²) >= 11 is 1.36. The van der Waals surface area contributed by atoms with Crippen molar-refractivity contribution in [3.05, 3.63) is 47.4 Å². The predicted molar refractivity (Wildman–Crippen MR) is 70.8 cm³/mol. The van der Waals surface area contributed by atoms with E-state index in [1.165, 1.54) is 29.8 Å². The van der Waals surface area contributed by atoms with Gasteiger partial charge in [0.25, 0.3) is 0 Å². The zero-order valence-corrected chi connectivity index (χ0v) is 10.7. The minimum atomic E-state index is -1.39. The van der Waals surface area contributed by atoms with Crippen LogP contribution in [0, 0.1) is 5.82 Å². The second kappa shape index (κ2) is 4.86. The highest BCUT2D eigenvalue weighted by Gasteiger charge is 2.18. The van der Waals surface area contributed by atoms with Crippen molar-refractivity contribution in [2.45, 2.75) is 0 Å². The summed E-state index contributed by atoms with van der Waals surface area (Å²) < 4.78 is 19.7. The van der Waals surface area contributed by atoms with Crippen molar-refractivity contribution in [1.29, 1.82) is 0 Å². The minimum Gasteiger partial charge on any atom is -0.477 e. The summed E-state index contributed by atoms with van der Waals surface area (Å²) in [6, 6.07) is 5.62. The topological polar surface area (TPSA) is 72.3 Å². The Bertz CT molecular complexity index is 803. The molecule has 0 aliphatic carbocycles. The predicted octanol–water partition coefficient (Wildman–Crippen LogP) is 3.32. The number of carboxylic acid groups (broad SMARTS) is 1. The Morgan fingerprint density at radius 3 is 2.95 bits per heavy atom. The number of aromatic carboxylic acids is 1. The number of hydrogen-bond acceptors (Lipinski definition) is 5. The van der Waals surface area contributed by atoms with Crippen LogP contribution < -0.4 is 4.74 Å². The van der Waals surface area contributed by atoms with Gasteiger partial charge in [-0.25, -0.2) is 19.2 Å². The summed E-state index contributed by atoms with van der Waals surface area (Å²) in [5, 5.41) is 10.9. The smallest absolute Gasteiger partial charge is 0.342 e. The lowest BCUT2D eigenvalue weighted by molar-refractivity contribution is 0.0689. The molecule has 7 heteroatoms. The van der Waals surface area contributed by atoms with Crippen molar-refractivity contribution in [3.63, 3.8) is 0 Å². The Kier molecular flexibility index (Phi) is 3.03. The Morgan fingerprint density at radius 1 is 1.30 bits per heavy atom. The molecule has 20 heavy (non-hydrogen) atoms. The fourth-order valence-corrected chi connectivity index (χ4v) is 2.51. The van der Waals surface area contributed by atoms with Crippen LogP contribution in [0.15, 0.2) is 36.0 Å². The van der Waals surface area contributed by atoms with Crippen molar-refractivity contribution >= 4 is 27.5 Å². The fraction of sp³-hybridized carbons (Fsp3) is 0. The maximum absolute atomic E-state index is 13.6. The average Bonchev–Trinajstić information content (AvgIpc) is 2.87. The molecule has 5 nitrogen and oxygen atoms in total. The van der Waals surface area contributed by atoms with Gasteiger partial charge in [-0.2, -0.15) is 0 Å². The van der Waals surface area contributed by atoms with Gasteiger partial charge in [-0.05, 0) is 23.6 Å². The minimum absolute atomic E-state index is 0.0918. The number of ether oxygens (including phenoxy) is 1. The van der Waals surface area contributed by atoms with Gasteiger partial charge in [-0.1, -0.05) is 6.07 Å². The van der Waals surface area contributed by atoms with E-state index >= 15 is 0 Å². The van der Waals surface area contributed by atoms with E-state index in [0.29, 0.717) is 10.2 Å². The fourth-order valence-electron chi connectivity index (χ4n) is 1.74. The molecule has 3 aromatic rings. The number of aromatic nitrogens is 2. The van der Waals surface area contributed by atoms with Crippen LogP contribution in [0.2, 0.25) is 0 Å². The third-order valence-corrected chi connectivity index (χ3v) is 3.50. The third-order valence-electron chi connectivity index (χ3n) is 2.61. The van der Waals surface area contributed by atoms with E-state index in [9.17, 15) is 9.18 Å². The van der Waals surface area contributed by atoms with Gasteiger partial charge in [0.1, 0.15) is 28.2 Å². The number of thiophene rings is 1. The van der Waals surface area contributed by atoms with Gasteiger partial charge in [-0.15, -0.1) is 11.3 Å². The van der Waals surface area contributed by atoms with E-state index in [0.717, 1.165) is 6.07 Å². The molecular formula is C13H7FN2O3S. The lowest BCUT2D eigenvalue weighted by Crippen LogP contribution is -2.04. The van der Waals surface area contributed by atoms with Crippen LogP contribution in [-0.2, 0) is 0 Å². The third kappa shape index (κ3) is 2.08. The van der Waals surface area contributed by atoms with Crippen LogP contribution in [0.3, 0.4) is 0 Å². The van der Waals surface area contributed by atoms with Crippen molar-refractivity contribution in [2.24, 2.45) is 0 Å². The van der Waals surface area contributed by atoms with Crippen LogP contribution in [0.4, 0.5) is 4.39 Å². The summed E-state index contributed by atoms with van der Waals surface area (Å²) in [6.45, 7) is 0. The zero-order valence-electron chi connectivity index (χ0n) is 9.91. The molecule has 0 atom stereocenters. The van der Waals surface area contributed by atoms with E-state index in [-0.39, 0.29) is 11.6 Å². The summed E-state index contributed by atoms with van der Waals surface area (Å²) in [5.41, 5.74) is 0.170. The SMILES string of the molecule is O=C(O)c1c(F)cccc1Oc1ncnc2ccsc12. The number of halogens is 1. The first-order valence-corrected chi connectivity index (χ1v) is 6.42. The molecule has 0 fully saturated rings. The molecule has 0 bridgehead atoms. The molecule has 2 aromatic heterocycles. The first kappa shape index (κ1) is 12.5. The highest BCUT2D eigenvalue weighted by molar-refractivity contribution is 7.17. The molecule has 1 aromatic carbocycles. The van der Waals surface area contributed by atoms with Gasteiger partial charge in [0, 0.05) is 0 Å². The number of rotatable bonds is 3. The molecule has 0 saturated heterocycles. The first-order chi connectivity index (χ1) is 9.66. The highest BCUT2D eigenvalue weighted by atomic mass is 32.1. The van der Waals surface area contributed by atoms with E-state index in [1.54, 1.807) is 6.07 Å². The molecule has 0 unspecified atom stereocenters. The Morgan fingerprint density at radius 2 is 2.15 bits per heavy atom. The second-order valence-corrected chi connectivity index (χ2v) is 4.75. The summed E-state index contributed by atoms with van der Waals surface area (Å²) in [6.07, 6.45) is 1.31. The largest absolute Gasteiger partial charge is 0.477 e. The van der Waals surface area contributed by atoms with Gasteiger partial charge >= 0.3 is 5.97 Å². The van der Waals surface area contributed by atoms with E-state index in [4.69, 9.17) is 9.84 Å². The Hall–Kier alpha value is -2.54. The van der Waals surface area contributed by atoms with Gasteiger partial charge in [-0.3, -0.25) is 0 Å². The molecule has 0 aliphatic heterocycles. The van der Waals surface area contributed by atoms with Crippen molar-refractivity contribution in [3.8, 4) is 11.6 Å². The number of hydrogen-bond donors (Lipinski definition) is 1. The molecule has 2 heterocycles. The molecule has 0 saturated carbocycles. The van der Waals surface area contributed by atoms with Crippen LogP contribution >= 0.6 is 11.3 Å². The van der Waals surface area contributed by atoms with Gasteiger partial charge in [0.2, 0.25) is 5.88 Å². The molecule has 1 N–H and O–H groups in total. The zero-order chi connectivity index (χ0) is 14.1. The summed E-state index contributed by atoms with van der Waals surface area (Å²) in [4.78, 5) is 19.1. The van der Waals surface area contributed by atoms with Crippen LogP contribution in [0.1, 0.15) is 10.4 Å². The molecule has 3 rings (SSSR count). The highest BCUT2D eigenvalue weighted by Crippen LogP contribution is 2.32. The van der Waals surface area contributed by atoms with E-state index in [1.807, 2.05) is 5.38 Å². The molecule has 0 radical (unpaired) electrons. The first-order valence-electron chi connectivity index (χ1n) is 5.54. The standard InChI is InChI=1S/C13H7FN2O3S/c14-7-2-1-3-9(10(7)13(17)18)19-12-11-8(4-5-20-11)15-6-16-12/h1-6H,(H,17,18). The van der Waals surface area contributed by atoms with Crippen LogP contribution in [0.5, 0.6) is 11.6 Å². The summed E-state index contributed by atoms with van der Waals surface area (Å²) in [5.74, 6) is -2.13. The van der Waals surface area contributed by atoms with Crippen molar-refractivity contribution in [2.75, 3.05) is 0 Å². The number of benzene rings is 1. The lowest BCUT2D eigenvalue weighted by Gasteiger charge is -2.08. The Labute approximate surface area is 116 Å².